The van der Waals surface area contributed by atoms with Gasteiger partial charge < -0.3 is 25.2 Å². The summed E-state index contributed by atoms with van der Waals surface area (Å²) < 4.78 is 64.1. The summed E-state index contributed by atoms with van der Waals surface area (Å²) in [6.07, 6.45) is 1.59. The van der Waals surface area contributed by atoms with E-state index < -0.39 is 55.6 Å². The maximum absolute atomic E-state index is 13.8. The number of benzene rings is 2. The molecule has 2 amide bonds. The smallest absolute Gasteiger partial charge is 0.243 e. The molecule has 1 fully saturated rings. The van der Waals surface area contributed by atoms with Crippen LogP contribution in [0.4, 0.5) is 0 Å². The molecular formula is C31H44N4O9S2. The Hall–Kier alpha value is -3.24. The van der Waals surface area contributed by atoms with E-state index in [4.69, 9.17) is 9.47 Å². The second-order valence-electron chi connectivity index (χ2n) is 12.3. The predicted octanol–water partition coefficient (Wildman–Crippen LogP) is 0.776. The number of nitrogens with one attached hydrogen (secondary N) is 2. The number of ether oxygens (including phenoxy) is 2. The summed E-state index contributed by atoms with van der Waals surface area (Å²) in [6, 6.07) is 10.8. The number of likely N-dealkylation sites (tertiary alicyclic amines) is 1. The summed E-state index contributed by atoms with van der Waals surface area (Å²) in [5.74, 6) is -1.31. The predicted molar refractivity (Wildman–Crippen MR) is 172 cm³/mol. The molecule has 13 nitrogen and oxygen atoms in total. The number of carbonyl (C=O) groups is 2. The highest BCUT2D eigenvalue weighted by molar-refractivity contribution is 7.90. The van der Waals surface area contributed by atoms with E-state index >= 15 is 0 Å². The zero-order chi connectivity index (χ0) is 33.5. The molecule has 0 unspecified atom stereocenters. The van der Waals surface area contributed by atoms with Crippen LogP contribution in [-0.4, -0.2) is 113 Å². The lowest BCUT2D eigenvalue weighted by atomic mass is 10.0. The Balaban J connectivity index is 1.57. The topological polar surface area (TPSA) is 172 Å². The number of hydrogen-bond donors (Lipinski definition) is 3. The van der Waals surface area contributed by atoms with Gasteiger partial charge in [-0.3, -0.25) is 14.5 Å². The first-order valence-corrected chi connectivity index (χ1v) is 18.8. The maximum Gasteiger partial charge on any atom is 0.243 e. The van der Waals surface area contributed by atoms with Crippen molar-refractivity contribution < 1.29 is 41.0 Å². The number of nitrogens with zero attached hydrogens (tertiary/aromatic N) is 2. The third-order valence-corrected chi connectivity index (χ3v) is 10.5. The Bertz CT molecular complexity index is 1560. The zero-order valence-corrected chi connectivity index (χ0v) is 28.1. The van der Waals surface area contributed by atoms with Crippen molar-refractivity contribution in [3.63, 3.8) is 0 Å². The number of fused-ring (bicyclic) bond motifs is 1. The third kappa shape index (κ3) is 10.1. The van der Waals surface area contributed by atoms with Crippen LogP contribution in [0, 0.1) is 5.92 Å². The number of aliphatic hydroxyl groups is 1. The van der Waals surface area contributed by atoms with Crippen molar-refractivity contribution >= 4 is 31.7 Å². The Morgan fingerprint density at radius 1 is 0.957 bits per heavy atom. The fraction of sp³-hybridized carbons (Fsp3) is 0.548. The monoisotopic (exact) mass is 680 g/mol. The summed E-state index contributed by atoms with van der Waals surface area (Å²) in [4.78, 5) is 28.3. The van der Waals surface area contributed by atoms with E-state index in [-0.39, 0.29) is 43.7 Å². The minimum Gasteiger partial charge on any atom is -0.454 e. The van der Waals surface area contributed by atoms with Gasteiger partial charge in [-0.1, -0.05) is 44.2 Å². The van der Waals surface area contributed by atoms with Crippen LogP contribution in [0.5, 0.6) is 11.5 Å². The van der Waals surface area contributed by atoms with Gasteiger partial charge in [0.25, 0.3) is 0 Å². The molecule has 3 N–H and O–H groups in total. The molecule has 2 heterocycles. The van der Waals surface area contributed by atoms with Gasteiger partial charge in [0.05, 0.1) is 29.3 Å². The molecule has 2 aromatic rings. The van der Waals surface area contributed by atoms with Gasteiger partial charge in [0.1, 0.15) is 15.9 Å². The normalized spacial score (nSPS) is 17.2. The Morgan fingerprint density at radius 2 is 1.63 bits per heavy atom. The van der Waals surface area contributed by atoms with Crippen LogP contribution in [-0.2, 0) is 35.9 Å². The first-order chi connectivity index (χ1) is 21.7. The molecule has 1 saturated heterocycles. The molecule has 3 atom stereocenters. The van der Waals surface area contributed by atoms with Crippen LogP contribution < -0.4 is 20.1 Å². The molecule has 2 aliphatic heterocycles. The van der Waals surface area contributed by atoms with Crippen molar-refractivity contribution in [2.75, 3.05) is 51.5 Å². The number of aliphatic hydroxyl groups excluding tert-OH is 1. The highest BCUT2D eigenvalue weighted by Gasteiger charge is 2.34. The average molecular weight is 681 g/mol. The first kappa shape index (κ1) is 35.6. The maximum atomic E-state index is 13.8. The van der Waals surface area contributed by atoms with E-state index in [9.17, 15) is 31.5 Å². The fourth-order valence-corrected chi connectivity index (χ4v) is 7.98. The van der Waals surface area contributed by atoms with Gasteiger partial charge in [0, 0.05) is 25.4 Å². The highest BCUT2D eigenvalue weighted by Crippen LogP contribution is 2.35. The van der Waals surface area contributed by atoms with E-state index in [0.29, 0.717) is 11.5 Å². The second kappa shape index (κ2) is 15.6. The number of amides is 2. The van der Waals surface area contributed by atoms with Crippen molar-refractivity contribution in [3.05, 3.63) is 54.1 Å². The second-order valence-corrected chi connectivity index (χ2v) is 16.4. The number of sulfonamides is 1. The molecule has 4 rings (SSSR count). The average Bonchev–Trinajstić information content (AvgIpc) is 3.67. The summed E-state index contributed by atoms with van der Waals surface area (Å²) >= 11 is 0. The molecule has 0 bridgehead atoms. The Labute approximate surface area is 271 Å². The molecule has 46 heavy (non-hydrogen) atoms. The van der Waals surface area contributed by atoms with Gasteiger partial charge in [-0.2, -0.15) is 4.31 Å². The van der Waals surface area contributed by atoms with Crippen molar-refractivity contribution in [2.45, 2.75) is 56.2 Å². The van der Waals surface area contributed by atoms with Gasteiger partial charge in [0.2, 0.25) is 28.6 Å². The van der Waals surface area contributed by atoms with Crippen molar-refractivity contribution in [1.29, 1.82) is 0 Å². The van der Waals surface area contributed by atoms with Gasteiger partial charge in [0.15, 0.2) is 11.5 Å². The van der Waals surface area contributed by atoms with Crippen LogP contribution >= 0.6 is 0 Å². The summed E-state index contributed by atoms with van der Waals surface area (Å²) in [6.45, 7) is 4.89. The highest BCUT2D eigenvalue weighted by atomic mass is 32.2. The molecule has 0 aromatic heterocycles. The lowest BCUT2D eigenvalue weighted by molar-refractivity contribution is -0.129. The van der Waals surface area contributed by atoms with E-state index in [0.717, 1.165) is 42.1 Å². The van der Waals surface area contributed by atoms with Crippen molar-refractivity contribution in [1.82, 2.24) is 19.8 Å². The molecule has 0 aliphatic carbocycles. The van der Waals surface area contributed by atoms with Gasteiger partial charge in [-0.15, -0.1) is 0 Å². The van der Waals surface area contributed by atoms with Crippen LogP contribution in [0.25, 0.3) is 0 Å². The first-order valence-electron chi connectivity index (χ1n) is 15.3. The van der Waals surface area contributed by atoms with E-state index in [2.05, 4.69) is 10.6 Å². The minimum atomic E-state index is -4.13. The standard InChI is InChI=1S/C31H44N4O9S2/c1-22(2)17-35(46(41,42)24-11-12-28-29(16-24)44-21-43-28)18-27(36)25(15-23-9-5-4-6-10-23)33-31(38)26(20-45(3,39)40)32-30(37)19-34-13-7-8-14-34/h4-6,9-12,16,22,25-27,36H,7-8,13-15,17-21H2,1-3H3,(H,32,37)(H,33,38)/t25-,26-,27+/m0/s1. The Kier molecular flexibility index (Phi) is 12.1. The molecule has 0 radical (unpaired) electrons. The third-order valence-electron chi connectivity index (χ3n) is 7.72. The zero-order valence-electron chi connectivity index (χ0n) is 26.4. The summed E-state index contributed by atoms with van der Waals surface area (Å²) in [5, 5.41) is 16.9. The molecule has 2 aliphatic rings. The largest absolute Gasteiger partial charge is 0.454 e. The van der Waals surface area contributed by atoms with Crippen molar-refractivity contribution in [2.24, 2.45) is 5.92 Å². The molecule has 15 heteroatoms. The lowest BCUT2D eigenvalue weighted by Gasteiger charge is -2.31. The van der Waals surface area contributed by atoms with E-state index in [1.54, 1.807) is 24.3 Å². The quantitative estimate of drug-likeness (QED) is 0.230. The number of hydrogen-bond acceptors (Lipinski definition) is 10. The minimum absolute atomic E-state index is 0.0207. The van der Waals surface area contributed by atoms with E-state index in [1.807, 2.05) is 24.8 Å². The van der Waals surface area contributed by atoms with Crippen LogP contribution in [0.15, 0.2) is 53.4 Å². The van der Waals surface area contributed by atoms with Gasteiger partial charge >= 0.3 is 0 Å². The van der Waals surface area contributed by atoms with Gasteiger partial charge in [-0.25, -0.2) is 16.8 Å². The molecule has 2 aromatic carbocycles. The van der Waals surface area contributed by atoms with Crippen LogP contribution in [0.2, 0.25) is 0 Å². The lowest BCUT2D eigenvalue weighted by Crippen LogP contribution is -2.57. The molecule has 0 saturated carbocycles. The Morgan fingerprint density at radius 3 is 2.28 bits per heavy atom. The number of rotatable bonds is 16. The van der Waals surface area contributed by atoms with E-state index in [1.165, 1.54) is 18.2 Å². The molecule has 0 spiro atoms. The summed E-state index contributed by atoms with van der Waals surface area (Å²) in [7, 11) is -7.83. The fourth-order valence-electron chi connectivity index (χ4n) is 5.50. The molecular weight excluding hydrogens is 636 g/mol. The number of sulfone groups is 1. The number of carbonyl (C=O) groups excluding carboxylic acids is 2. The van der Waals surface area contributed by atoms with Crippen molar-refractivity contribution in [3.8, 4) is 11.5 Å². The van der Waals surface area contributed by atoms with Gasteiger partial charge in [-0.05, 0) is 56.0 Å². The van der Waals surface area contributed by atoms with Crippen LogP contribution in [0.1, 0.15) is 32.3 Å². The summed E-state index contributed by atoms with van der Waals surface area (Å²) in [5.41, 5.74) is 0.749. The SMILES string of the molecule is CC(C)CN(C[C@@H](O)[C@H](Cc1ccccc1)NC(=O)[C@H](CS(C)(=O)=O)NC(=O)CN1CCCC1)S(=O)(=O)c1ccc2c(c1)OCO2. The van der Waals surface area contributed by atoms with Crippen LogP contribution in [0.3, 0.4) is 0 Å². The molecule has 254 valence electrons.